The fraction of sp³-hybridized carbons (Fsp3) is 0.143. The molecule has 10 heteroatoms. The van der Waals surface area contributed by atoms with E-state index in [0.29, 0.717) is 10.7 Å². The first-order chi connectivity index (χ1) is 15.0. The van der Waals surface area contributed by atoms with E-state index in [1.54, 1.807) is 29.3 Å². The number of imide groups is 1. The lowest BCUT2D eigenvalue weighted by Gasteiger charge is -2.27. The minimum absolute atomic E-state index is 0.121. The van der Waals surface area contributed by atoms with Gasteiger partial charge in [-0.3, -0.25) is 24.5 Å². The normalized spacial score (nSPS) is 22.8. The van der Waals surface area contributed by atoms with Gasteiger partial charge in [-0.1, -0.05) is 17.7 Å². The minimum Gasteiger partial charge on any atom is -0.273 e. The lowest BCUT2D eigenvalue weighted by atomic mass is 9.95. The van der Waals surface area contributed by atoms with Gasteiger partial charge in [0.05, 0.1) is 16.3 Å². The van der Waals surface area contributed by atoms with Crippen molar-refractivity contribution >= 4 is 51.8 Å². The van der Waals surface area contributed by atoms with Crippen molar-refractivity contribution in [3.8, 4) is 0 Å². The molecule has 0 saturated carbocycles. The van der Waals surface area contributed by atoms with Gasteiger partial charge in [-0.05, 0) is 47.8 Å². The van der Waals surface area contributed by atoms with Gasteiger partial charge >= 0.3 is 0 Å². The van der Waals surface area contributed by atoms with E-state index in [4.69, 9.17) is 16.4 Å². The number of nitrogens with zero attached hydrogens (tertiary/aromatic N) is 3. The molecule has 5 rings (SSSR count). The van der Waals surface area contributed by atoms with Gasteiger partial charge in [-0.25, -0.2) is 9.96 Å². The molecule has 3 heterocycles. The molecule has 8 nitrogen and oxygen atoms in total. The molecule has 2 aliphatic rings. The van der Waals surface area contributed by atoms with Crippen LogP contribution >= 0.6 is 22.9 Å². The molecule has 2 fully saturated rings. The smallest absolute Gasteiger partial charge is 0.269 e. The first-order valence-electron chi connectivity index (χ1n) is 9.33. The van der Waals surface area contributed by atoms with E-state index < -0.39 is 34.8 Å². The Kier molecular flexibility index (Phi) is 4.73. The van der Waals surface area contributed by atoms with Crippen LogP contribution in [0.3, 0.4) is 0 Å². The van der Waals surface area contributed by atoms with Gasteiger partial charge in [-0.15, -0.1) is 11.3 Å². The molecule has 1 aromatic heterocycles. The number of benzene rings is 2. The summed E-state index contributed by atoms with van der Waals surface area (Å²) in [5.74, 6) is -1.65. The van der Waals surface area contributed by atoms with Gasteiger partial charge in [0.25, 0.3) is 11.6 Å². The molecule has 2 amide bonds. The number of halogens is 1. The third kappa shape index (κ3) is 3.18. The van der Waals surface area contributed by atoms with Gasteiger partial charge in [0, 0.05) is 22.0 Å². The van der Waals surface area contributed by atoms with Gasteiger partial charge < -0.3 is 0 Å². The van der Waals surface area contributed by atoms with Gasteiger partial charge in [-0.2, -0.15) is 0 Å². The van der Waals surface area contributed by atoms with E-state index in [2.05, 4.69) is 0 Å². The highest BCUT2D eigenvalue weighted by Crippen LogP contribution is 2.48. The molecule has 0 bridgehead atoms. The molecule has 0 spiro atoms. The fourth-order valence-corrected chi connectivity index (χ4v) is 4.93. The summed E-state index contributed by atoms with van der Waals surface area (Å²) in [6.45, 7) is 0. The van der Waals surface area contributed by atoms with Crippen LogP contribution in [0.15, 0.2) is 66.0 Å². The van der Waals surface area contributed by atoms with Crippen LogP contribution in [0.1, 0.15) is 10.9 Å². The second-order valence-electron chi connectivity index (χ2n) is 7.10. The predicted octanol–water partition coefficient (Wildman–Crippen LogP) is 4.36. The summed E-state index contributed by atoms with van der Waals surface area (Å²) in [5, 5.41) is 15.0. The minimum atomic E-state index is -0.995. The van der Waals surface area contributed by atoms with Crippen molar-refractivity contribution in [2.24, 2.45) is 5.92 Å². The third-order valence-electron chi connectivity index (χ3n) is 5.35. The average Bonchev–Trinajstić information content (AvgIpc) is 3.46. The maximum absolute atomic E-state index is 13.4. The summed E-state index contributed by atoms with van der Waals surface area (Å²) in [5.41, 5.74) is 0.839. The number of anilines is 2. The molecule has 0 N–H and O–H groups in total. The Morgan fingerprint density at radius 2 is 1.65 bits per heavy atom. The zero-order valence-electron chi connectivity index (χ0n) is 15.8. The largest absolute Gasteiger partial charge is 0.273 e. The van der Waals surface area contributed by atoms with E-state index in [-0.39, 0.29) is 11.4 Å². The van der Waals surface area contributed by atoms with E-state index in [9.17, 15) is 19.7 Å². The Balaban J connectivity index is 1.52. The molecule has 2 saturated heterocycles. The Morgan fingerprint density at radius 1 is 0.968 bits per heavy atom. The van der Waals surface area contributed by atoms with Crippen LogP contribution < -0.4 is 9.96 Å². The predicted molar refractivity (Wildman–Crippen MR) is 115 cm³/mol. The SMILES string of the molecule is O=C1[C@H]2[C@@H](ON(c3ccc(Cl)cc3)[C@H]2c2cccs2)C(=O)N1c1ccc([N+](=O)[O-])cc1. The molecule has 0 aliphatic carbocycles. The van der Waals surface area contributed by atoms with Crippen molar-refractivity contribution in [3.63, 3.8) is 0 Å². The van der Waals surface area contributed by atoms with Crippen molar-refractivity contribution in [3.05, 3.63) is 86.1 Å². The summed E-state index contributed by atoms with van der Waals surface area (Å²) >= 11 is 7.47. The number of nitro groups is 1. The second kappa shape index (κ2) is 7.45. The van der Waals surface area contributed by atoms with Crippen LogP contribution in [0, 0.1) is 16.0 Å². The molecule has 3 atom stereocenters. The topological polar surface area (TPSA) is 93.0 Å². The number of carbonyl (C=O) groups excluding carboxylic acids is 2. The Morgan fingerprint density at radius 3 is 2.26 bits per heavy atom. The summed E-state index contributed by atoms with van der Waals surface area (Å²) in [4.78, 5) is 44.9. The summed E-state index contributed by atoms with van der Waals surface area (Å²) in [7, 11) is 0. The second-order valence-corrected chi connectivity index (χ2v) is 8.52. The molecular formula is C21H14ClN3O5S. The number of thiophene rings is 1. The van der Waals surface area contributed by atoms with Crippen molar-refractivity contribution < 1.29 is 19.3 Å². The molecule has 156 valence electrons. The standard InChI is InChI=1S/C21H14ClN3O5S/c22-12-3-5-14(6-4-12)24-18(16-2-1-11-31-16)17-19(30-24)21(27)23(20(17)26)13-7-9-15(10-8-13)25(28)29/h1-11,17-19H/t17-,18+,19-/m1/s1. The lowest BCUT2D eigenvalue weighted by molar-refractivity contribution is -0.384. The highest BCUT2D eigenvalue weighted by Gasteiger charge is 2.60. The Bertz CT molecular complexity index is 1170. The van der Waals surface area contributed by atoms with Gasteiger partial charge in [0.1, 0.15) is 12.0 Å². The molecule has 3 aromatic rings. The number of nitro benzene ring substituents is 1. The first kappa shape index (κ1) is 19.7. The van der Waals surface area contributed by atoms with Crippen LogP contribution in [-0.4, -0.2) is 22.8 Å². The summed E-state index contributed by atoms with van der Waals surface area (Å²) in [6, 6.07) is 15.6. The van der Waals surface area contributed by atoms with Gasteiger partial charge in [0.2, 0.25) is 5.91 Å². The average molecular weight is 456 g/mol. The van der Waals surface area contributed by atoms with Crippen molar-refractivity contribution in [1.29, 1.82) is 0 Å². The quantitative estimate of drug-likeness (QED) is 0.329. The monoisotopic (exact) mass is 455 g/mol. The highest BCUT2D eigenvalue weighted by atomic mass is 35.5. The van der Waals surface area contributed by atoms with Crippen LogP contribution in [0.5, 0.6) is 0 Å². The summed E-state index contributed by atoms with van der Waals surface area (Å²) < 4.78 is 0. The number of fused-ring (bicyclic) bond motifs is 1. The number of carbonyl (C=O) groups is 2. The maximum atomic E-state index is 13.4. The van der Waals surface area contributed by atoms with E-state index in [1.165, 1.54) is 35.6 Å². The van der Waals surface area contributed by atoms with Crippen molar-refractivity contribution in [2.45, 2.75) is 12.1 Å². The Labute approximate surface area is 185 Å². The first-order valence-corrected chi connectivity index (χ1v) is 10.6. The number of non-ortho nitro benzene ring substituents is 1. The number of amides is 2. The van der Waals surface area contributed by atoms with Crippen molar-refractivity contribution in [1.82, 2.24) is 0 Å². The molecule has 2 aromatic carbocycles. The van der Waals surface area contributed by atoms with Crippen LogP contribution in [0.4, 0.5) is 17.1 Å². The number of hydrogen-bond donors (Lipinski definition) is 0. The maximum Gasteiger partial charge on any atom is 0.269 e. The van der Waals surface area contributed by atoms with Crippen LogP contribution in [0.25, 0.3) is 0 Å². The zero-order valence-corrected chi connectivity index (χ0v) is 17.3. The highest BCUT2D eigenvalue weighted by molar-refractivity contribution is 7.10. The van der Waals surface area contributed by atoms with E-state index in [1.807, 2.05) is 17.5 Å². The lowest BCUT2D eigenvalue weighted by Crippen LogP contribution is -2.37. The summed E-state index contributed by atoms with van der Waals surface area (Å²) in [6.07, 6.45) is -0.995. The molecule has 31 heavy (non-hydrogen) atoms. The number of hydrogen-bond acceptors (Lipinski definition) is 7. The molecule has 2 aliphatic heterocycles. The molecule has 0 radical (unpaired) electrons. The number of rotatable bonds is 4. The fourth-order valence-electron chi connectivity index (χ4n) is 3.95. The molecular weight excluding hydrogens is 442 g/mol. The zero-order chi connectivity index (χ0) is 21.7. The van der Waals surface area contributed by atoms with E-state index >= 15 is 0 Å². The Hall–Kier alpha value is -3.27. The van der Waals surface area contributed by atoms with Crippen molar-refractivity contribution in [2.75, 3.05) is 9.96 Å². The third-order valence-corrected chi connectivity index (χ3v) is 6.54. The van der Waals surface area contributed by atoms with Crippen LogP contribution in [0.2, 0.25) is 5.02 Å². The van der Waals surface area contributed by atoms with Crippen LogP contribution in [-0.2, 0) is 14.4 Å². The van der Waals surface area contributed by atoms with Gasteiger partial charge in [0.15, 0.2) is 6.10 Å². The van der Waals surface area contributed by atoms with E-state index in [0.717, 1.165) is 9.78 Å². The molecule has 0 unspecified atom stereocenters. The number of hydroxylamine groups is 1.